The van der Waals surface area contributed by atoms with Gasteiger partial charge in [-0.15, -0.1) is 0 Å². The van der Waals surface area contributed by atoms with Crippen molar-refractivity contribution in [2.24, 2.45) is 0 Å². The van der Waals surface area contributed by atoms with E-state index in [1.165, 1.54) is 164 Å². The number of hydrogen-bond acceptors (Lipinski definition) is 0. The fourth-order valence-electron chi connectivity index (χ4n) is 6.03. The van der Waals surface area contributed by atoms with Crippen molar-refractivity contribution in [1.29, 1.82) is 0 Å². The van der Waals surface area contributed by atoms with Crippen LogP contribution in [-0.2, 0) is 6.42 Å². The van der Waals surface area contributed by atoms with E-state index in [4.69, 9.17) is 11.2 Å². The molecule has 0 fully saturated rings. The average Bonchev–Trinajstić information content (AvgIpc) is 2.91. The van der Waals surface area contributed by atoms with Gasteiger partial charge in [0.1, 0.15) is 0 Å². The summed E-state index contributed by atoms with van der Waals surface area (Å²) in [7, 11) is 0. The number of hydrogen-bond donors (Lipinski definition) is 0. The van der Waals surface area contributed by atoms with Crippen LogP contribution < -0.4 is 0 Å². The van der Waals surface area contributed by atoms with Gasteiger partial charge >= 0.3 is 239 Å². The Bertz CT molecular complexity index is 621. The van der Waals surface area contributed by atoms with Crippen molar-refractivity contribution in [3.63, 3.8) is 0 Å². The fourth-order valence-corrected chi connectivity index (χ4v) is 12.8. The third-order valence-electron chi connectivity index (χ3n) is 8.61. The summed E-state index contributed by atoms with van der Waals surface area (Å²) in [6.45, 7) is 10.9. The Labute approximate surface area is 238 Å². The molecule has 0 amide bonds. The van der Waals surface area contributed by atoms with Crippen molar-refractivity contribution in [2.45, 2.75) is 149 Å². The summed E-state index contributed by atoms with van der Waals surface area (Å²) < 4.78 is 0. The zero-order valence-corrected chi connectivity index (χ0v) is 27.0. The van der Waals surface area contributed by atoms with Crippen LogP contribution in [-0.4, -0.2) is 24.6 Å². The minimum absolute atomic E-state index is 1.17. The first-order valence-corrected chi connectivity index (χ1v) is 20.3. The molecule has 1 aromatic carbocycles. The molecule has 0 atom stereocenters. The summed E-state index contributed by atoms with van der Waals surface area (Å²) >= 11 is 8.15. The number of benzene rings is 1. The Morgan fingerprint density at radius 1 is 0.541 bits per heavy atom. The number of unbranched alkanes of at least 4 members (excludes halogenated alkanes) is 15. The van der Waals surface area contributed by atoms with Crippen LogP contribution in [0.2, 0.25) is 0 Å². The van der Waals surface area contributed by atoms with Gasteiger partial charge in [-0.2, -0.15) is 0 Å². The predicted molar refractivity (Wildman–Crippen MR) is 177 cm³/mol. The zero-order chi connectivity index (χ0) is 27.1. The van der Waals surface area contributed by atoms with Crippen LogP contribution in [0.5, 0.6) is 0 Å². The summed E-state index contributed by atoms with van der Waals surface area (Å²) in [5.74, 6) is -2.22. The van der Waals surface area contributed by atoms with E-state index >= 15 is 0 Å². The first-order chi connectivity index (χ1) is 18.0. The summed E-state index contributed by atoms with van der Waals surface area (Å²) in [4.78, 5) is 0. The summed E-state index contributed by atoms with van der Waals surface area (Å²) in [6.07, 6.45) is 34.6. The second-order valence-corrected chi connectivity index (χ2v) is 20.4. The van der Waals surface area contributed by atoms with Gasteiger partial charge in [0.2, 0.25) is 0 Å². The third-order valence-corrected chi connectivity index (χ3v) is 16.4. The molecule has 1 aromatic rings. The molecule has 0 nitrogen and oxygen atoms in total. The van der Waals surface area contributed by atoms with Crippen molar-refractivity contribution < 1.29 is 0 Å². The van der Waals surface area contributed by atoms with E-state index in [2.05, 4.69) is 51.6 Å². The monoisotopic (exact) mass is 550 g/mol. The van der Waals surface area contributed by atoms with E-state index in [1.54, 1.807) is 0 Å². The van der Waals surface area contributed by atoms with Crippen molar-refractivity contribution >= 4 is 23.3 Å². The van der Waals surface area contributed by atoms with Crippen LogP contribution in [0.3, 0.4) is 0 Å². The minimum atomic E-state index is -2.22. The molecule has 0 saturated heterocycles. The van der Waals surface area contributed by atoms with E-state index in [0.717, 1.165) is 0 Å². The maximum atomic E-state index is 8.15. The second kappa shape index (κ2) is 21.5. The summed E-state index contributed by atoms with van der Waals surface area (Å²) in [5, 5.41) is 0. The van der Waals surface area contributed by atoms with E-state index in [9.17, 15) is 0 Å². The average molecular weight is 551 g/mol. The van der Waals surface area contributed by atoms with E-state index in [0.29, 0.717) is 0 Å². The molecule has 0 aliphatic rings. The number of halogens is 1. The predicted octanol–water partition coefficient (Wildman–Crippen LogP) is 13.1. The summed E-state index contributed by atoms with van der Waals surface area (Å²) in [5.41, 5.74) is 2.68. The first-order valence-electron chi connectivity index (χ1n) is 16.4. The van der Waals surface area contributed by atoms with Gasteiger partial charge in [0.05, 0.1) is 0 Å². The van der Waals surface area contributed by atoms with E-state index in [-0.39, 0.29) is 0 Å². The molecule has 2 heteroatoms. The molecule has 0 heterocycles. The van der Waals surface area contributed by atoms with Gasteiger partial charge in [0, 0.05) is 0 Å². The molecule has 0 N–H and O–H groups in total. The van der Waals surface area contributed by atoms with Gasteiger partial charge < -0.3 is 0 Å². The van der Waals surface area contributed by atoms with Gasteiger partial charge in [-0.25, -0.2) is 0 Å². The third kappa shape index (κ3) is 16.4. The molecule has 0 unspecified atom stereocenters. The van der Waals surface area contributed by atoms with Crippen LogP contribution in [0.25, 0.3) is 6.08 Å². The molecule has 0 aliphatic carbocycles. The summed E-state index contributed by atoms with van der Waals surface area (Å²) in [6, 6.07) is 9.03. The molecule has 0 spiro atoms. The Morgan fingerprint density at radius 3 is 1.27 bits per heavy atom. The molecule has 1 rings (SSSR count). The van der Waals surface area contributed by atoms with Crippen LogP contribution >= 0.6 is 17.2 Å². The second-order valence-electron chi connectivity index (χ2n) is 12.1. The molecule has 216 valence electrons. The Hall–Kier alpha value is -0.320. The van der Waals surface area contributed by atoms with Crippen molar-refractivity contribution in [1.82, 2.24) is 0 Å². The molecule has 0 aromatic heterocycles. The molecular weight excluding hydrogens is 487 g/mol. The molecule has 0 aliphatic heterocycles. The van der Waals surface area contributed by atoms with Gasteiger partial charge in [-0.05, 0) is 0 Å². The maximum absolute atomic E-state index is 8.15. The van der Waals surface area contributed by atoms with Crippen molar-refractivity contribution in [3.05, 3.63) is 42.0 Å². The van der Waals surface area contributed by atoms with Gasteiger partial charge in [0.15, 0.2) is 0 Å². The quantitative estimate of drug-likeness (QED) is 0.0794. The van der Waals surface area contributed by atoms with Crippen molar-refractivity contribution in [3.8, 4) is 0 Å². The van der Waals surface area contributed by atoms with Gasteiger partial charge in [0.25, 0.3) is 0 Å². The Morgan fingerprint density at radius 2 is 0.892 bits per heavy atom. The standard InChI is InChI=1S/C35H64ClP/c1-5-9-12-15-18-21-30-37(36,31-22-19-16-13-10-6-2,32-23-20-17-14-11-7-3)33-24-25-35-28-26-34(8-4)27-29-35/h8,26-29H,4-7,9-25,30-33H2,1-3H3. The number of aryl methyl sites for hydroxylation is 1. The molecule has 37 heavy (non-hydrogen) atoms. The first kappa shape index (κ1) is 34.7. The van der Waals surface area contributed by atoms with E-state index in [1.807, 2.05) is 6.08 Å². The van der Waals surface area contributed by atoms with Crippen LogP contribution in [0, 0.1) is 0 Å². The topological polar surface area (TPSA) is 0 Å². The molecule has 0 radical (unpaired) electrons. The van der Waals surface area contributed by atoms with Gasteiger partial charge in [-0.3, -0.25) is 0 Å². The number of rotatable bonds is 26. The van der Waals surface area contributed by atoms with Crippen LogP contribution in [0.1, 0.15) is 154 Å². The van der Waals surface area contributed by atoms with Crippen LogP contribution in [0.15, 0.2) is 30.8 Å². The van der Waals surface area contributed by atoms with Crippen LogP contribution in [0.4, 0.5) is 0 Å². The normalized spacial score (nSPS) is 12.9. The molecular formula is C35H64ClP. The molecule has 0 bridgehead atoms. The molecule has 0 saturated carbocycles. The Balaban J connectivity index is 2.86. The fraction of sp³-hybridized carbons (Fsp3) is 0.771. The zero-order valence-electron chi connectivity index (χ0n) is 25.4. The van der Waals surface area contributed by atoms with E-state index < -0.39 is 5.96 Å². The van der Waals surface area contributed by atoms with Crippen molar-refractivity contribution in [2.75, 3.05) is 24.6 Å². The Kier molecular flexibility index (Phi) is 20.2. The SMILES string of the molecule is C=Cc1ccc(CCCP(Cl)(CCCCCCCC)(CCCCCCCC)CCCCCCCC)cc1. The van der Waals surface area contributed by atoms with Gasteiger partial charge in [-0.1, -0.05) is 0 Å².